The summed E-state index contributed by atoms with van der Waals surface area (Å²) in [5.74, 6) is 0.149. The van der Waals surface area contributed by atoms with Gasteiger partial charge < -0.3 is 10.2 Å². The van der Waals surface area contributed by atoms with E-state index in [1.807, 2.05) is 16.8 Å². The molecule has 1 atom stereocenters. The van der Waals surface area contributed by atoms with E-state index in [0.717, 1.165) is 55.6 Å². The highest BCUT2D eigenvalue weighted by Crippen LogP contribution is 2.29. The van der Waals surface area contributed by atoms with Crippen LogP contribution in [0, 0.1) is 5.41 Å². The number of fused-ring (bicyclic) bond motifs is 1. The van der Waals surface area contributed by atoms with Crippen LogP contribution in [0.25, 0.3) is 10.9 Å². The molecule has 1 aromatic heterocycles. The lowest BCUT2D eigenvalue weighted by Gasteiger charge is -2.38. The number of para-hydroxylation sites is 1. The first kappa shape index (κ1) is 17.0. The highest BCUT2D eigenvalue weighted by Gasteiger charge is 2.37. The fourth-order valence-corrected chi connectivity index (χ4v) is 3.74. The number of benzene rings is 1. The molecule has 1 aliphatic heterocycles. The molecule has 0 bridgehead atoms. The Bertz CT molecular complexity index is 723. The smallest absolute Gasteiger partial charge is 0.227 e. The number of carbonyl (C=O) groups excluding carboxylic acids is 1. The molecule has 0 spiro atoms. The predicted octanol–water partition coefficient (Wildman–Crippen LogP) is 2.79. The van der Waals surface area contributed by atoms with Gasteiger partial charge in [-0.25, -0.2) is 0 Å². The molecule has 1 amide bonds. The van der Waals surface area contributed by atoms with Crippen molar-refractivity contribution in [3.8, 4) is 0 Å². The fourth-order valence-electron chi connectivity index (χ4n) is 3.74. The van der Waals surface area contributed by atoms with Crippen molar-refractivity contribution in [2.75, 3.05) is 19.6 Å². The molecule has 0 saturated carbocycles. The molecular weight excluding hydrogens is 300 g/mol. The standard InChI is InChI=1S/C19H28N4O/c1-4-22-12-8-11-19(3,14-22)18(24)20-13-16-15-9-6-7-10-17(15)23(5-2)21-16/h6-7,9-10H,4-5,8,11-14H2,1-3H3,(H,20,24)/t19-/m1/s1. The Morgan fingerprint density at radius 2 is 2.08 bits per heavy atom. The maximum Gasteiger partial charge on any atom is 0.227 e. The third kappa shape index (κ3) is 3.18. The number of carbonyl (C=O) groups is 1. The maximum absolute atomic E-state index is 12.8. The lowest BCUT2D eigenvalue weighted by Crippen LogP contribution is -2.50. The summed E-state index contributed by atoms with van der Waals surface area (Å²) in [4.78, 5) is 15.2. The number of likely N-dealkylation sites (tertiary alicyclic amines) is 1. The molecule has 1 fully saturated rings. The lowest BCUT2D eigenvalue weighted by atomic mass is 9.81. The number of aryl methyl sites for hydroxylation is 1. The normalized spacial score (nSPS) is 22.0. The van der Waals surface area contributed by atoms with E-state index in [2.05, 4.69) is 48.2 Å². The Morgan fingerprint density at radius 3 is 2.83 bits per heavy atom. The summed E-state index contributed by atoms with van der Waals surface area (Å²) >= 11 is 0. The van der Waals surface area contributed by atoms with Crippen molar-refractivity contribution in [3.05, 3.63) is 30.0 Å². The number of nitrogens with zero attached hydrogens (tertiary/aromatic N) is 3. The quantitative estimate of drug-likeness (QED) is 0.918. The van der Waals surface area contributed by atoms with Crippen molar-refractivity contribution < 1.29 is 4.79 Å². The van der Waals surface area contributed by atoms with Crippen LogP contribution in [0.1, 0.15) is 39.3 Å². The molecule has 3 rings (SSSR count). The van der Waals surface area contributed by atoms with Gasteiger partial charge in [0.1, 0.15) is 0 Å². The number of nitrogens with one attached hydrogen (secondary N) is 1. The zero-order valence-corrected chi connectivity index (χ0v) is 15.0. The molecule has 0 unspecified atom stereocenters. The number of rotatable bonds is 5. The van der Waals surface area contributed by atoms with Crippen molar-refractivity contribution in [1.29, 1.82) is 0 Å². The zero-order valence-electron chi connectivity index (χ0n) is 15.0. The monoisotopic (exact) mass is 328 g/mol. The Kier molecular flexibility index (Phi) is 4.90. The molecule has 0 radical (unpaired) electrons. The third-order valence-electron chi connectivity index (χ3n) is 5.22. The summed E-state index contributed by atoms with van der Waals surface area (Å²) in [6, 6.07) is 8.22. The van der Waals surface area contributed by atoms with Gasteiger partial charge in [0.2, 0.25) is 5.91 Å². The Hall–Kier alpha value is -1.88. The van der Waals surface area contributed by atoms with Gasteiger partial charge in [-0.15, -0.1) is 0 Å². The van der Waals surface area contributed by atoms with Crippen molar-refractivity contribution in [1.82, 2.24) is 20.0 Å². The van der Waals surface area contributed by atoms with Crippen LogP contribution in [-0.4, -0.2) is 40.2 Å². The predicted molar refractivity (Wildman–Crippen MR) is 96.7 cm³/mol. The van der Waals surface area contributed by atoms with Gasteiger partial charge in [0.15, 0.2) is 0 Å². The summed E-state index contributed by atoms with van der Waals surface area (Å²) in [7, 11) is 0. The van der Waals surface area contributed by atoms with Gasteiger partial charge in [0, 0.05) is 18.5 Å². The van der Waals surface area contributed by atoms with Crippen LogP contribution < -0.4 is 5.32 Å². The molecule has 1 N–H and O–H groups in total. The summed E-state index contributed by atoms with van der Waals surface area (Å²) in [6.45, 7) is 10.6. The summed E-state index contributed by atoms with van der Waals surface area (Å²) < 4.78 is 2.00. The van der Waals surface area contributed by atoms with E-state index >= 15 is 0 Å². The van der Waals surface area contributed by atoms with Crippen LogP contribution in [-0.2, 0) is 17.9 Å². The second-order valence-corrected chi connectivity index (χ2v) is 7.00. The molecule has 1 aliphatic rings. The van der Waals surface area contributed by atoms with Crippen molar-refractivity contribution in [2.24, 2.45) is 5.41 Å². The third-order valence-corrected chi connectivity index (χ3v) is 5.22. The van der Waals surface area contributed by atoms with Crippen LogP contribution in [0.5, 0.6) is 0 Å². The molecule has 2 aromatic rings. The maximum atomic E-state index is 12.8. The first-order chi connectivity index (χ1) is 11.6. The molecular formula is C19H28N4O. The van der Waals surface area contributed by atoms with Crippen LogP contribution >= 0.6 is 0 Å². The van der Waals surface area contributed by atoms with Gasteiger partial charge in [-0.3, -0.25) is 9.48 Å². The molecule has 1 aromatic carbocycles. The van der Waals surface area contributed by atoms with Crippen LogP contribution in [0.3, 0.4) is 0 Å². The number of piperidine rings is 1. The van der Waals surface area contributed by atoms with E-state index in [1.54, 1.807) is 0 Å². The summed E-state index contributed by atoms with van der Waals surface area (Å²) in [5.41, 5.74) is 1.79. The van der Waals surface area contributed by atoms with Gasteiger partial charge in [-0.05, 0) is 45.8 Å². The highest BCUT2D eigenvalue weighted by atomic mass is 16.2. The minimum absolute atomic E-state index is 0.149. The molecule has 2 heterocycles. The van der Waals surface area contributed by atoms with E-state index < -0.39 is 0 Å². The number of hydrogen-bond donors (Lipinski definition) is 1. The first-order valence-corrected chi connectivity index (χ1v) is 9.02. The van der Waals surface area contributed by atoms with Crippen molar-refractivity contribution >= 4 is 16.8 Å². The fraction of sp³-hybridized carbons (Fsp3) is 0.579. The minimum Gasteiger partial charge on any atom is -0.350 e. The molecule has 0 aliphatic carbocycles. The van der Waals surface area contributed by atoms with Gasteiger partial charge in [0.25, 0.3) is 0 Å². The van der Waals surface area contributed by atoms with Crippen molar-refractivity contribution in [2.45, 2.75) is 46.7 Å². The van der Waals surface area contributed by atoms with Gasteiger partial charge in [0.05, 0.1) is 23.2 Å². The molecule has 5 heteroatoms. The number of hydrogen-bond acceptors (Lipinski definition) is 3. The van der Waals surface area contributed by atoms with E-state index in [9.17, 15) is 4.79 Å². The van der Waals surface area contributed by atoms with E-state index in [-0.39, 0.29) is 11.3 Å². The lowest BCUT2D eigenvalue weighted by molar-refractivity contribution is -0.133. The Labute approximate surface area is 144 Å². The van der Waals surface area contributed by atoms with Gasteiger partial charge in [-0.1, -0.05) is 25.1 Å². The number of aromatic nitrogens is 2. The van der Waals surface area contributed by atoms with E-state index in [4.69, 9.17) is 0 Å². The molecule has 1 saturated heterocycles. The average Bonchev–Trinajstić information content (AvgIpc) is 2.97. The Morgan fingerprint density at radius 1 is 1.29 bits per heavy atom. The molecule has 24 heavy (non-hydrogen) atoms. The second kappa shape index (κ2) is 6.93. The van der Waals surface area contributed by atoms with Crippen LogP contribution in [0.15, 0.2) is 24.3 Å². The minimum atomic E-state index is -0.294. The summed E-state index contributed by atoms with van der Waals surface area (Å²) in [5, 5.41) is 8.94. The first-order valence-electron chi connectivity index (χ1n) is 9.02. The Balaban J connectivity index is 1.73. The molecule has 130 valence electrons. The van der Waals surface area contributed by atoms with Gasteiger partial charge in [-0.2, -0.15) is 5.10 Å². The zero-order chi connectivity index (χ0) is 17.2. The van der Waals surface area contributed by atoms with Crippen LogP contribution in [0.4, 0.5) is 0 Å². The number of amides is 1. The average molecular weight is 328 g/mol. The SMILES string of the molecule is CCN1CCC[C@@](C)(C(=O)NCc2nn(CC)c3ccccc23)C1. The van der Waals surface area contributed by atoms with Crippen molar-refractivity contribution in [3.63, 3.8) is 0 Å². The van der Waals surface area contributed by atoms with E-state index in [1.165, 1.54) is 0 Å². The molecule has 5 nitrogen and oxygen atoms in total. The summed E-state index contributed by atoms with van der Waals surface area (Å²) in [6.07, 6.45) is 2.05. The second-order valence-electron chi connectivity index (χ2n) is 7.00. The largest absolute Gasteiger partial charge is 0.350 e. The van der Waals surface area contributed by atoms with Gasteiger partial charge >= 0.3 is 0 Å². The van der Waals surface area contributed by atoms with Crippen LogP contribution in [0.2, 0.25) is 0 Å². The topological polar surface area (TPSA) is 50.2 Å². The van der Waals surface area contributed by atoms with E-state index in [0.29, 0.717) is 6.54 Å². The highest BCUT2D eigenvalue weighted by molar-refractivity contribution is 5.85.